The van der Waals surface area contributed by atoms with Gasteiger partial charge >= 0.3 is 0 Å². The zero-order valence-electron chi connectivity index (χ0n) is 7.46. The number of nitrogens with zero attached hydrogens (tertiary/aromatic N) is 1. The molecule has 1 N–H and O–H groups in total. The quantitative estimate of drug-likeness (QED) is 0.751. The number of hydrogen-bond donors (Lipinski definition) is 1. The second-order valence-electron chi connectivity index (χ2n) is 3.32. The van der Waals surface area contributed by atoms with Crippen molar-refractivity contribution in [3.05, 3.63) is 30.1 Å². The van der Waals surface area contributed by atoms with E-state index in [4.69, 9.17) is 0 Å². The first-order valence-corrected chi connectivity index (χ1v) is 4.62. The molecule has 0 unspecified atom stereocenters. The largest absolute Gasteiger partial charge is 0.319 e. The standard InChI is InChI=1S/C10H13FN2/c11-9-4-3-5-10(8-9)12-13-6-1-2-7-13/h3-5,8,12H,1-2,6-7H2. The first kappa shape index (κ1) is 8.51. The first-order chi connectivity index (χ1) is 6.34. The number of anilines is 1. The lowest BCUT2D eigenvalue weighted by molar-refractivity contribution is 0.410. The third kappa shape index (κ3) is 2.18. The molecule has 0 saturated carbocycles. The number of benzene rings is 1. The van der Waals surface area contributed by atoms with Crippen molar-refractivity contribution in [1.82, 2.24) is 5.01 Å². The van der Waals surface area contributed by atoms with Crippen molar-refractivity contribution in [3.8, 4) is 0 Å². The van der Waals surface area contributed by atoms with E-state index in [0.717, 1.165) is 18.8 Å². The Morgan fingerprint density at radius 3 is 2.69 bits per heavy atom. The molecule has 1 aliphatic heterocycles. The third-order valence-corrected chi connectivity index (χ3v) is 2.22. The average molecular weight is 180 g/mol. The summed E-state index contributed by atoms with van der Waals surface area (Å²) in [5, 5.41) is 2.12. The molecule has 1 aromatic rings. The molecule has 1 aromatic carbocycles. The normalized spacial score (nSPS) is 17.6. The Morgan fingerprint density at radius 2 is 2.00 bits per heavy atom. The summed E-state index contributed by atoms with van der Waals surface area (Å²) in [6.45, 7) is 2.10. The van der Waals surface area contributed by atoms with Gasteiger partial charge in [-0.25, -0.2) is 9.40 Å². The molecule has 0 aliphatic carbocycles. The Morgan fingerprint density at radius 1 is 1.23 bits per heavy atom. The van der Waals surface area contributed by atoms with Gasteiger partial charge in [-0.2, -0.15) is 0 Å². The second kappa shape index (κ2) is 3.75. The molecule has 0 amide bonds. The fourth-order valence-electron chi connectivity index (χ4n) is 1.57. The topological polar surface area (TPSA) is 15.3 Å². The molecular formula is C10H13FN2. The second-order valence-corrected chi connectivity index (χ2v) is 3.32. The SMILES string of the molecule is Fc1cccc(NN2CCCC2)c1. The zero-order valence-corrected chi connectivity index (χ0v) is 7.46. The highest BCUT2D eigenvalue weighted by atomic mass is 19.1. The molecule has 1 fully saturated rings. The zero-order chi connectivity index (χ0) is 9.10. The van der Waals surface area contributed by atoms with Crippen molar-refractivity contribution < 1.29 is 4.39 Å². The van der Waals surface area contributed by atoms with E-state index in [2.05, 4.69) is 10.4 Å². The number of rotatable bonds is 2. The highest BCUT2D eigenvalue weighted by molar-refractivity contribution is 5.42. The Hall–Kier alpha value is -1.09. The summed E-state index contributed by atoms with van der Waals surface area (Å²) in [4.78, 5) is 0. The van der Waals surface area contributed by atoms with Crippen LogP contribution < -0.4 is 5.43 Å². The van der Waals surface area contributed by atoms with Crippen LogP contribution in [0, 0.1) is 5.82 Å². The minimum absolute atomic E-state index is 0.191. The van der Waals surface area contributed by atoms with Gasteiger partial charge in [-0.3, -0.25) is 0 Å². The van der Waals surface area contributed by atoms with E-state index >= 15 is 0 Å². The van der Waals surface area contributed by atoms with Gasteiger partial charge in [0.05, 0.1) is 5.69 Å². The maximum absolute atomic E-state index is 12.8. The molecule has 70 valence electrons. The Labute approximate surface area is 77.3 Å². The van der Waals surface area contributed by atoms with Gasteiger partial charge in [0, 0.05) is 13.1 Å². The van der Waals surface area contributed by atoms with Crippen molar-refractivity contribution in [2.45, 2.75) is 12.8 Å². The summed E-state index contributed by atoms with van der Waals surface area (Å²) in [6, 6.07) is 6.56. The van der Waals surface area contributed by atoms with Crippen molar-refractivity contribution in [2.24, 2.45) is 0 Å². The van der Waals surface area contributed by atoms with Gasteiger partial charge in [-0.05, 0) is 31.0 Å². The Kier molecular flexibility index (Phi) is 2.45. The third-order valence-electron chi connectivity index (χ3n) is 2.22. The van der Waals surface area contributed by atoms with Crippen LogP contribution in [0.5, 0.6) is 0 Å². The molecule has 0 atom stereocenters. The lowest BCUT2D eigenvalue weighted by atomic mass is 10.3. The number of halogens is 1. The average Bonchev–Trinajstić information content (AvgIpc) is 2.57. The van der Waals surface area contributed by atoms with E-state index < -0.39 is 0 Å². The van der Waals surface area contributed by atoms with Gasteiger partial charge in [0.1, 0.15) is 5.82 Å². The number of nitrogens with one attached hydrogen (secondary N) is 1. The van der Waals surface area contributed by atoms with E-state index in [1.54, 1.807) is 6.07 Å². The number of hydrazine groups is 1. The predicted octanol–water partition coefficient (Wildman–Crippen LogP) is 2.25. The van der Waals surface area contributed by atoms with E-state index in [1.807, 2.05) is 6.07 Å². The van der Waals surface area contributed by atoms with Gasteiger partial charge in [0.15, 0.2) is 0 Å². The van der Waals surface area contributed by atoms with Gasteiger partial charge in [-0.15, -0.1) is 0 Å². The van der Waals surface area contributed by atoms with Crippen LogP contribution in [0.1, 0.15) is 12.8 Å². The lowest BCUT2D eigenvalue weighted by Gasteiger charge is -2.17. The van der Waals surface area contributed by atoms with Crippen LogP contribution in [0.4, 0.5) is 10.1 Å². The van der Waals surface area contributed by atoms with Crippen LogP contribution in [-0.4, -0.2) is 18.1 Å². The van der Waals surface area contributed by atoms with Gasteiger partial charge < -0.3 is 5.43 Å². The van der Waals surface area contributed by atoms with Gasteiger partial charge in [0.2, 0.25) is 0 Å². The van der Waals surface area contributed by atoms with Gasteiger partial charge in [0.25, 0.3) is 0 Å². The molecule has 3 heteroatoms. The summed E-state index contributed by atoms with van der Waals surface area (Å²) in [6.07, 6.45) is 2.45. The van der Waals surface area contributed by atoms with Gasteiger partial charge in [-0.1, -0.05) is 6.07 Å². The molecule has 0 spiro atoms. The van der Waals surface area contributed by atoms with Crippen molar-refractivity contribution in [3.63, 3.8) is 0 Å². The van der Waals surface area contributed by atoms with E-state index in [9.17, 15) is 4.39 Å². The molecule has 0 bridgehead atoms. The summed E-state index contributed by atoms with van der Waals surface area (Å²) >= 11 is 0. The molecule has 1 saturated heterocycles. The summed E-state index contributed by atoms with van der Waals surface area (Å²) < 4.78 is 12.8. The molecular weight excluding hydrogens is 167 g/mol. The van der Waals surface area contributed by atoms with E-state index in [-0.39, 0.29) is 5.82 Å². The smallest absolute Gasteiger partial charge is 0.125 e. The molecule has 2 nitrogen and oxygen atoms in total. The predicted molar refractivity (Wildman–Crippen MR) is 50.8 cm³/mol. The molecule has 1 aliphatic rings. The molecule has 0 radical (unpaired) electrons. The van der Waals surface area contributed by atoms with E-state index in [1.165, 1.54) is 25.0 Å². The van der Waals surface area contributed by atoms with Crippen molar-refractivity contribution in [1.29, 1.82) is 0 Å². The maximum Gasteiger partial charge on any atom is 0.125 e. The van der Waals surface area contributed by atoms with Crippen LogP contribution in [0.2, 0.25) is 0 Å². The lowest BCUT2D eigenvalue weighted by Crippen LogP contribution is -2.26. The van der Waals surface area contributed by atoms with Crippen molar-refractivity contribution >= 4 is 5.69 Å². The first-order valence-electron chi connectivity index (χ1n) is 4.62. The molecule has 2 rings (SSSR count). The number of hydrogen-bond acceptors (Lipinski definition) is 2. The highest BCUT2D eigenvalue weighted by Crippen LogP contribution is 2.13. The van der Waals surface area contributed by atoms with E-state index in [0.29, 0.717) is 0 Å². The Balaban J connectivity index is 2.00. The maximum atomic E-state index is 12.8. The fourth-order valence-corrected chi connectivity index (χ4v) is 1.57. The van der Waals surface area contributed by atoms with Crippen LogP contribution in [0.15, 0.2) is 24.3 Å². The molecule has 13 heavy (non-hydrogen) atoms. The monoisotopic (exact) mass is 180 g/mol. The summed E-state index contributed by atoms with van der Waals surface area (Å²) in [5.41, 5.74) is 4.01. The molecule has 0 aromatic heterocycles. The Bertz CT molecular complexity index is 282. The minimum atomic E-state index is -0.191. The van der Waals surface area contributed by atoms with Crippen LogP contribution in [0.25, 0.3) is 0 Å². The van der Waals surface area contributed by atoms with Crippen LogP contribution in [0.3, 0.4) is 0 Å². The highest BCUT2D eigenvalue weighted by Gasteiger charge is 2.10. The summed E-state index contributed by atoms with van der Waals surface area (Å²) in [5.74, 6) is -0.191. The molecule has 1 heterocycles. The fraction of sp³-hybridized carbons (Fsp3) is 0.400. The summed E-state index contributed by atoms with van der Waals surface area (Å²) in [7, 11) is 0. The van der Waals surface area contributed by atoms with Crippen LogP contribution in [-0.2, 0) is 0 Å². The van der Waals surface area contributed by atoms with Crippen molar-refractivity contribution in [2.75, 3.05) is 18.5 Å². The van der Waals surface area contributed by atoms with Crippen LogP contribution >= 0.6 is 0 Å². The minimum Gasteiger partial charge on any atom is -0.319 e.